The summed E-state index contributed by atoms with van der Waals surface area (Å²) < 4.78 is 0. The molecule has 0 spiro atoms. The number of hydrogen-bond acceptors (Lipinski definition) is 6. The zero-order valence-electron chi connectivity index (χ0n) is 14.0. The number of anilines is 1. The van der Waals surface area contributed by atoms with Gasteiger partial charge >= 0.3 is 0 Å². The number of hydrogen-bond donors (Lipinski definition) is 2. The fraction of sp³-hybridized carbons (Fsp3) is 0.688. The van der Waals surface area contributed by atoms with E-state index in [9.17, 15) is 4.79 Å². The molecule has 2 N–H and O–H groups in total. The van der Waals surface area contributed by atoms with Gasteiger partial charge in [0.25, 0.3) is 5.91 Å². The molecule has 2 saturated heterocycles. The first-order valence-corrected chi connectivity index (χ1v) is 8.42. The van der Waals surface area contributed by atoms with Crippen molar-refractivity contribution in [3.63, 3.8) is 0 Å². The summed E-state index contributed by atoms with van der Waals surface area (Å²) >= 11 is 0. The van der Waals surface area contributed by atoms with Crippen LogP contribution >= 0.6 is 0 Å². The van der Waals surface area contributed by atoms with E-state index >= 15 is 0 Å². The molecule has 7 nitrogen and oxygen atoms in total. The summed E-state index contributed by atoms with van der Waals surface area (Å²) in [6.07, 6.45) is 3.97. The SMILES string of the molecule is Cc1nc(N2CCN(C)CC2)ncc1C(=O)NC[C@H]1CCCN1. The molecule has 1 amide bonds. The Morgan fingerprint density at radius 1 is 1.39 bits per heavy atom. The van der Waals surface area contributed by atoms with Crippen molar-refractivity contribution >= 4 is 11.9 Å². The van der Waals surface area contributed by atoms with Crippen LogP contribution in [0, 0.1) is 6.92 Å². The van der Waals surface area contributed by atoms with Gasteiger partial charge in [-0.15, -0.1) is 0 Å². The lowest BCUT2D eigenvalue weighted by atomic mass is 10.2. The van der Waals surface area contributed by atoms with Crippen LogP contribution in [0.2, 0.25) is 0 Å². The van der Waals surface area contributed by atoms with Gasteiger partial charge in [0.2, 0.25) is 5.95 Å². The molecule has 1 aromatic heterocycles. The lowest BCUT2D eigenvalue weighted by molar-refractivity contribution is 0.0949. The van der Waals surface area contributed by atoms with E-state index in [2.05, 4.69) is 37.4 Å². The van der Waals surface area contributed by atoms with E-state index in [1.807, 2.05) is 6.92 Å². The van der Waals surface area contributed by atoms with Crippen molar-refractivity contribution < 1.29 is 4.79 Å². The Balaban J connectivity index is 1.60. The van der Waals surface area contributed by atoms with Crippen molar-refractivity contribution in [2.24, 2.45) is 0 Å². The van der Waals surface area contributed by atoms with Gasteiger partial charge in [-0.2, -0.15) is 0 Å². The summed E-state index contributed by atoms with van der Waals surface area (Å²) in [7, 11) is 2.12. The number of nitrogens with one attached hydrogen (secondary N) is 2. The van der Waals surface area contributed by atoms with Gasteiger partial charge in [-0.05, 0) is 33.4 Å². The maximum atomic E-state index is 12.3. The lowest BCUT2D eigenvalue weighted by Gasteiger charge is -2.32. The predicted octanol–water partition coefficient (Wildman–Crippen LogP) is 0.0186. The van der Waals surface area contributed by atoms with Gasteiger partial charge in [0.05, 0.1) is 11.3 Å². The number of nitrogens with zero attached hydrogens (tertiary/aromatic N) is 4. The third-order valence-electron chi connectivity index (χ3n) is 4.67. The van der Waals surface area contributed by atoms with E-state index in [1.165, 1.54) is 6.42 Å². The Morgan fingerprint density at radius 3 is 2.83 bits per heavy atom. The summed E-state index contributed by atoms with van der Waals surface area (Å²) in [6.45, 7) is 7.46. The highest BCUT2D eigenvalue weighted by atomic mass is 16.1. The van der Waals surface area contributed by atoms with Crippen LogP contribution < -0.4 is 15.5 Å². The summed E-state index contributed by atoms with van der Waals surface area (Å²) in [6, 6.07) is 0.393. The standard InChI is InChI=1S/C16H26N6O/c1-12-14(15(23)18-10-13-4-3-5-17-13)11-19-16(20-12)22-8-6-21(2)7-9-22/h11,13,17H,3-10H2,1-2H3,(H,18,23)/t13-/m1/s1. The van der Waals surface area contributed by atoms with Crippen LogP contribution in [0.4, 0.5) is 5.95 Å². The second-order valence-corrected chi connectivity index (χ2v) is 6.46. The van der Waals surface area contributed by atoms with E-state index in [0.29, 0.717) is 18.2 Å². The van der Waals surface area contributed by atoms with Crippen LogP contribution in [0.15, 0.2) is 6.20 Å². The van der Waals surface area contributed by atoms with Crippen molar-refractivity contribution in [1.82, 2.24) is 25.5 Å². The molecule has 1 aromatic rings. The number of carbonyl (C=O) groups excluding carboxylic acids is 1. The topological polar surface area (TPSA) is 73.4 Å². The number of likely N-dealkylation sites (N-methyl/N-ethyl adjacent to an activating group) is 1. The molecule has 3 heterocycles. The number of aryl methyl sites for hydroxylation is 1. The third-order valence-corrected chi connectivity index (χ3v) is 4.67. The van der Waals surface area contributed by atoms with Crippen molar-refractivity contribution in [3.8, 4) is 0 Å². The van der Waals surface area contributed by atoms with Crippen LogP contribution in [0.3, 0.4) is 0 Å². The molecule has 2 aliphatic heterocycles. The molecular formula is C16H26N6O. The quantitative estimate of drug-likeness (QED) is 0.815. The monoisotopic (exact) mass is 318 g/mol. The highest BCUT2D eigenvalue weighted by Gasteiger charge is 2.20. The van der Waals surface area contributed by atoms with Gasteiger partial charge in [0.15, 0.2) is 0 Å². The van der Waals surface area contributed by atoms with Crippen molar-refractivity contribution in [3.05, 3.63) is 17.5 Å². The zero-order valence-corrected chi connectivity index (χ0v) is 14.0. The minimum Gasteiger partial charge on any atom is -0.350 e. The molecular weight excluding hydrogens is 292 g/mol. The van der Waals surface area contributed by atoms with E-state index < -0.39 is 0 Å². The summed E-state index contributed by atoms with van der Waals surface area (Å²) in [5.41, 5.74) is 1.31. The van der Waals surface area contributed by atoms with Gasteiger partial charge in [-0.1, -0.05) is 0 Å². The van der Waals surface area contributed by atoms with E-state index in [0.717, 1.165) is 50.8 Å². The Kier molecular flexibility index (Phi) is 5.07. The molecule has 3 rings (SSSR count). The summed E-state index contributed by atoms with van der Waals surface area (Å²) in [4.78, 5) is 25.7. The second kappa shape index (κ2) is 7.23. The number of aromatic nitrogens is 2. The normalized spacial score (nSPS) is 22.3. The van der Waals surface area contributed by atoms with E-state index in [4.69, 9.17) is 0 Å². The Hall–Kier alpha value is -1.73. The van der Waals surface area contributed by atoms with Gasteiger partial charge < -0.3 is 20.4 Å². The first kappa shape index (κ1) is 16.1. The molecule has 0 radical (unpaired) electrons. The molecule has 2 aliphatic rings. The molecule has 0 unspecified atom stereocenters. The molecule has 23 heavy (non-hydrogen) atoms. The smallest absolute Gasteiger partial charge is 0.254 e. The molecule has 2 fully saturated rings. The van der Waals surface area contributed by atoms with Crippen molar-refractivity contribution in [2.45, 2.75) is 25.8 Å². The fourth-order valence-corrected chi connectivity index (χ4v) is 3.08. The van der Waals surface area contributed by atoms with Gasteiger partial charge in [-0.3, -0.25) is 4.79 Å². The molecule has 0 aliphatic carbocycles. The molecule has 126 valence electrons. The number of rotatable bonds is 4. The summed E-state index contributed by atoms with van der Waals surface area (Å²) in [5.74, 6) is 0.644. The predicted molar refractivity (Wildman–Crippen MR) is 89.8 cm³/mol. The van der Waals surface area contributed by atoms with E-state index in [1.54, 1.807) is 6.20 Å². The van der Waals surface area contributed by atoms with Gasteiger partial charge in [0, 0.05) is 45.0 Å². The van der Waals surface area contributed by atoms with Gasteiger partial charge in [-0.25, -0.2) is 9.97 Å². The number of amides is 1. The third kappa shape index (κ3) is 3.97. The molecule has 0 bridgehead atoms. The van der Waals surface area contributed by atoms with E-state index in [-0.39, 0.29) is 5.91 Å². The lowest BCUT2D eigenvalue weighted by Crippen LogP contribution is -2.45. The Labute approximate surface area is 137 Å². The average Bonchev–Trinajstić information content (AvgIpc) is 3.06. The largest absolute Gasteiger partial charge is 0.350 e. The first-order chi connectivity index (χ1) is 11.1. The first-order valence-electron chi connectivity index (χ1n) is 8.42. The number of carbonyl (C=O) groups is 1. The minimum absolute atomic E-state index is 0.0823. The molecule has 1 atom stereocenters. The minimum atomic E-state index is -0.0823. The van der Waals surface area contributed by atoms with Crippen LogP contribution in [-0.4, -0.2) is 73.1 Å². The highest BCUT2D eigenvalue weighted by Crippen LogP contribution is 2.13. The average molecular weight is 318 g/mol. The Morgan fingerprint density at radius 2 is 2.17 bits per heavy atom. The van der Waals surface area contributed by atoms with Crippen LogP contribution in [0.1, 0.15) is 28.9 Å². The highest BCUT2D eigenvalue weighted by molar-refractivity contribution is 5.95. The van der Waals surface area contributed by atoms with Crippen molar-refractivity contribution in [1.29, 1.82) is 0 Å². The van der Waals surface area contributed by atoms with Crippen LogP contribution in [0.5, 0.6) is 0 Å². The summed E-state index contributed by atoms with van der Waals surface area (Å²) in [5, 5.41) is 6.36. The number of piperazine rings is 1. The fourth-order valence-electron chi connectivity index (χ4n) is 3.08. The maximum absolute atomic E-state index is 12.3. The van der Waals surface area contributed by atoms with Crippen LogP contribution in [0.25, 0.3) is 0 Å². The van der Waals surface area contributed by atoms with Gasteiger partial charge in [0.1, 0.15) is 0 Å². The second-order valence-electron chi connectivity index (χ2n) is 6.46. The molecule has 0 aromatic carbocycles. The van der Waals surface area contributed by atoms with Crippen LogP contribution in [-0.2, 0) is 0 Å². The molecule has 7 heteroatoms. The zero-order chi connectivity index (χ0) is 16.2. The van der Waals surface area contributed by atoms with Crippen molar-refractivity contribution in [2.75, 3.05) is 51.2 Å². The molecule has 0 saturated carbocycles. The maximum Gasteiger partial charge on any atom is 0.254 e. The Bertz CT molecular complexity index is 550.